The molecule has 2 aromatic rings. The highest BCUT2D eigenvalue weighted by atomic mass is 19.1. The molecule has 19 heavy (non-hydrogen) atoms. The van der Waals surface area contributed by atoms with E-state index in [0.717, 1.165) is 0 Å². The lowest BCUT2D eigenvalue weighted by atomic mass is 10.1. The predicted molar refractivity (Wildman–Crippen MR) is 67.8 cm³/mol. The Morgan fingerprint density at radius 1 is 1.32 bits per heavy atom. The average molecular weight is 260 g/mol. The van der Waals surface area contributed by atoms with Crippen molar-refractivity contribution in [2.75, 3.05) is 7.11 Å². The van der Waals surface area contributed by atoms with Gasteiger partial charge >= 0.3 is 5.97 Å². The fourth-order valence-corrected chi connectivity index (χ4v) is 1.65. The third kappa shape index (κ3) is 3.34. The molecule has 98 valence electrons. The summed E-state index contributed by atoms with van der Waals surface area (Å²) >= 11 is 0. The minimum absolute atomic E-state index is 0.206. The molecule has 0 aliphatic heterocycles. The summed E-state index contributed by atoms with van der Waals surface area (Å²) in [7, 11) is 1.33. The van der Waals surface area contributed by atoms with Gasteiger partial charge in [0.15, 0.2) is 0 Å². The van der Waals surface area contributed by atoms with Crippen LogP contribution in [0.15, 0.2) is 36.5 Å². The zero-order valence-electron chi connectivity index (χ0n) is 10.5. The third-order valence-corrected chi connectivity index (χ3v) is 2.64. The average Bonchev–Trinajstić information content (AvgIpc) is 2.45. The Morgan fingerprint density at radius 3 is 2.84 bits per heavy atom. The Balaban J connectivity index is 2.20. The lowest BCUT2D eigenvalue weighted by Crippen LogP contribution is -2.05. The van der Waals surface area contributed by atoms with Crippen LogP contribution in [0.1, 0.15) is 12.2 Å². The first-order chi connectivity index (χ1) is 9.20. The first kappa shape index (κ1) is 13.1. The topological polar surface area (TPSA) is 52.1 Å². The molecule has 0 saturated heterocycles. The molecular weight excluding hydrogens is 247 g/mol. The number of benzene rings is 1. The van der Waals surface area contributed by atoms with Crippen LogP contribution in [0, 0.1) is 5.82 Å². The first-order valence-electron chi connectivity index (χ1n) is 5.84. The van der Waals surface area contributed by atoms with E-state index in [9.17, 15) is 9.18 Å². The van der Waals surface area contributed by atoms with Crippen LogP contribution in [-0.4, -0.2) is 23.0 Å². The number of rotatable bonds is 4. The second-order valence-corrected chi connectivity index (χ2v) is 3.91. The second kappa shape index (κ2) is 6.04. The molecule has 0 N–H and O–H groups in total. The SMILES string of the molecule is COC(=O)CCc1nccc(-c2ccccc2F)n1. The number of esters is 1. The van der Waals surface area contributed by atoms with E-state index >= 15 is 0 Å². The number of halogens is 1. The lowest BCUT2D eigenvalue weighted by molar-refractivity contribution is -0.140. The summed E-state index contributed by atoms with van der Waals surface area (Å²) in [5.74, 6) is -0.161. The van der Waals surface area contributed by atoms with E-state index in [2.05, 4.69) is 14.7 Å². The molecule has 1 aromatic heterocycles. The molecule has 2 rings (SSSR count). The zero-order chi connectivity index (χ0) is 13.7. The molecule has 0 atom stereocenters. The van der Waals surface area contributed by atoms with E-state index in [4.69, 9.17) is 0 Å². The van der Waals surface area contributed by atoms with Gasteiger partial charge in [0.25, 0.3) is 0 Å². The summed E-state index contributed by atoms with van der Waals surface area (Å²) in [4.78, 5) is 19.4. The molecule has 1 heterocycles. The van der Waals surface area contributed by atoms with Crippen LogP contribution < -0.4 is 0 Å². The molecule has 5 heteroatoms. The summed E-state index contributed by atoms with van der Waals surface area (Å²) in [6, 6.07) is 8.04. The first-order valence-corrected chi connectivity index (χ1v) is 5.84. The van der Waals surface area contributed by atoms with Crippen molar-refractivity contribution in [3.05, 3.63) is 48.2 Å². The smallest absolute Gasteiger partial charge is 0.305 e. The van der Waals surface area contributed by atoms with E-state index < -0.39 is 0 Å². The van der Waals surface area contributed by atoms with E-state index in [-0.39, 0.29) is 18.2 Å². The number of nitrogens with zero attached hydrogens (tertiary/aromatic N) is 2. The molecule has 0 bridgehead atoms. The molecule has 0 saturated carbocycles. The predicted octanol–water partition coefficient (Wildman–Crippen LogP) is 2.39. The van der Waals surface area contributed by atoms with Crippen molar-refractivity contribution in [3.63, 3.8) is 0 Å². The minimum Gasteiger partial charge on any atom is -0.469 e. The lowest BCUT2D eigenvalue weighted by Gasteiger charge is -2.04. The van der Waals surface area contributed by atoms with Gasteiger partial charge < -0.3 is 4.74 Å². The zero-order valence-corrected chi connectivity index (χ0v) is 10.5. The van der Waals surface area contributed by atoms with Gasteiger partial charge in [-0.1, -0.05) is 12.1 Å². The number of aromatic nitrogens is 2. The van der Waals surface area contributed by atoms with Gasteiger partial charge in [-0.05, 0) is 18.2 Å². The van der Waals surface area contributed by atoms with Gasteiger partial charge in [-0.2, -0.15) is 0 Å². The molecule has 0 radical (unpaired) electrons. The van der Waals surface area contributed by atoms with Gasteiger partial charge in [-0.25, -0.2) is 14.4 Å². The maximum atomic E-state index is 13.6. The number of methoxy groups -OCH3 is 1. The van der Waals surface area contributed by atoms with Gasteiger partial charge in [0, 0.05) is 18.2 Å². The highest BCUT2D eigenvalue weighted by Gasteiger charge is 2.08. The highest BCUT2D eigenvalue weighted by Crippen LogP contribution is 2.20. The van der Waals surface area contributed by atoms with Crippen molar-refractivity contribution in [2.45, 2.75) is 12.8 Å². The Bertz CT molecular complexity index is 587. The fraction of sp³-hybridized carbons (Fsp3) is 0.214. The number of aryl methyl sites for hydroxylation is 1. The number of hydrogen-bond donors (Lipinski definition) is 0. The van der Waals surface area contributed by atoms with E-state index in [1.165, 1.54) is 13.2 Å². The standard InChI is InChI=1S/C14H13FN2O2/c1-19-14(18)7-6-13-16-9-8-12(17-13)10-4-2-3-5-11(10)15/h2-5,8-9H,6-7H2,1H3. The van der Waals surface area contributed by atoms with Gasteiger partial charge in [-0.3, -0.25) is 4.79 Å². The van der Waals surface area contributed by atoms with Crippen LogP contribution in [0.4, 0.5) is 4.39 Å². The molecule has 0 unspecified atom stereocenters. The molecule has 0 fully saturated rings. The van der Waals surface area contributed by atoms with E-state index in [1.54, 1.807) is 30.5 Å². The molecule has 1 aromatic carbocycles. The summed E-state index contributed by atoms with van der Waals surface area (Å²) in [5, 5.41) is 0. The quantitative estimate of drug-likeness (QED) is 0.792. The van der Waals surface area contributed by atoms with Gasteiger partial charge in [0.1, 0.15) is 11.6 Å². The molecule has 4 nitrogen and oxygen atoms in total. The molecule has 0 aliphatic rings. The van der Waals surface area contributed by atoms with Gasteiger partial charge in [-0.15, -0.1) is 0 Å². The Morgan fingerprint density at radius 2 is 2.11 bits per heavy atom. The fourth-order valence-electron chi connectivity index (χ4n) is 1.65. The number of ether oxygens (including phenoxy) is 1. The summed E-state index contributed by atoms with van der Waals surface area (Å²) in [5.41, 5.74) is 0.928. The van der Waals surface area contributed by atoms with Crippen molar-refractivity contribution in [2.24, 2.45) is 0 Å². The maximum absolute atomic E-state index is 13.6. The molecular formula is C14H13FN2O2. The summed E-state index contributed by atoms with van der Waals surface area (Å²) in [6.07, 6.45) is 2.13. The number of carbonyl (C=O) groups excluding carboxylic acids is 1. The van der Waals surface area contributed by atoms with Crippen LogP contribution in [0.5, 0.6) is 0 Å². The highest BCUT2D eigenvalue weighted by molar-refractivity contribution is 5.69. The molecule has 0 spiro atoms. The minimum atomic E-state index is -0.333. The largest absolute Gasteiger partial charge is 0.469 e. The monoisotopic (exact) mass is 260 g/mol. The van der Waals surface area contributed by atoms with Crippen molar-refractivity contribution < 1.29 is 13.9 Å². The van der Waals surface area contributed by atoms with Crippen molar-refractivity contribution in [3.8, 4) is 11.3 Å². The van der Waals surface area contributed by atoms with Gasteiger partial charge in [0.2, 0.25) is 0 Å². The Hall–Kier alpha value is -2.30. The second-order valence-electron chi connectivity index (χ2n) is 3.91. The van der Waals surface area contributed by atoms with Crippen molar-refractivity contribution in [1.82, 2.24) is 9.97 Å². The number of carbonyl (C=O) groups is 1. The summed E-state index contributed by atoms with van der Waals surface area (Å²) in [6.45, 7) is 0. The van der Waals surface area contributed by atoms with Crippen molar-refractivity contribution >= 4 is 5.97 Å². The van der Waals surface area contributed by atoms with E-state index in [0.29, 0.717) is 23.5 Å². The Labute approximate surface area is 110 Å². The van der Waals surface area contributed by atoms with Crippen LogP contribution >= 0.6 is 0 Å². The third-order valence-electron chi connectivity index (χ3n) is 2.64. The summed E-state index contributed by atoms with van der Waals surface area (Å²) < 4.78 is 18.2. The van der Waals surface area contributed by atoms with Crippen LogP contribution in [-0.2, 0) is 16.0 Å². The van der Waals surface area contributed by atoms with Crippen LogP contribution in [0.2, 0.25) is 0 Å². The maximum Gasteiger partial charge on any atom is 0.305 e. The van der Waals surface area contributed by atoms with Crippen LogP contribution in [0.25, 0.3) is 11.3 Å². The Kier molecular flexibility index (Phi) is 4.18. The van der Waals surface area contributed by atoms with Crippen LogP contribution in [0.3, 0.4) is 0 Å². The van der Waals surface area contributed by atoms with Crippen molar-refractivity contribution in [1.29, 1.82) is 0 Å². The van der Waals surface area contributed by atoms with Gasteiger partial charge in [0.05, 0.1) is 19.2 Å². The molecule has 0 amide bonds. The van der Waals surface area contributed by atoms with E-state index in [1.807, 2.05) is 0 Å². The molecule has 0 aliphatic carbocycles. The number of hydrogen-bond acceptors (Lipinski definition) is 4. The normalized spacial score (nSPS) is 10.2.